The maximum Gasteiger partial charge on any atom is 0.137 e. The molecule has 2 heteroatoms. The van der Waals surface area contributed by atoms with Crippen LogP contribution in [0.2, 0.25) is 0 Å². The van der Waals surface area contributed by atoms with E-state index in [2.05, 4.69) is 40.2 Å². The van der Waals surface area contributed by atoms with Gasteiger partial charge in [-0.1, -0.05) is 58.4 Å². The van der Waals surface area contributed by atoms with Gasteiger partial charge in [0.25, 0.3) is 0 Å². The summed E-state index contributed by atoms with van der Waals surface area (Å²) in [6.45, 7) is 0. The van der Waals surface area contributed by atoms with Crippen molar-refractivity contribution in [2.45, 2.75) is 5.01 Å². The average Bonchev–Trinajstić information content (AvgIpc) is 2.27. The summed E-state index contributed by atoms with van der Waals surface area (Å²) in [5.74, 6) is 0. The van der Waals surface area contributed by atoms with Crippen LogP contribution in [0, 0.1) is 0 Å². The van der Waals surface area contributed by atoms with Gasteiger partial charge in [-0.15, -0.1) is 0 Å². The Kier molecular flexibility index (Phi) is 2.85. The fourth-order valence-corrected chi connectivity index (χ4v) is 1.97. The van der Waals surface area contributed by atoms with Gasteiger partial charge in [0.1, 0.15) is 5.01 Å². The number of ether oxygens (including phenoxy) is 1. The molecule has 0 aliphatic rings. The highest BCUT2D eigenvalue weighted by atomic mass is 79.9. The van der Waals surface area contributed by atoms with Gasteiger partial charge in [0.2, 0.25) is 0 Å². The minimum Gasteiger partial charge on any atom is -0.365 e. The number of halogens is 1. The molecule has 2 aromatic carbocycles. The molecule has 0 saturated carbocycles. The highest BCUT2D eigenvalue weighted by Gasteiger charge is 2.08. The van der Waals surface area contributed by atoms with Gasteiger partial charge in [-0.3, -0.25) is 0 Å². The molecule has 72 valence electrons. The lowest BCUT2D eigenvalue weighted by atomic mass is 10.1. The molecule has 2 aromatic rings. The van der Waals surface area contributed by atoms with Crippen LogP contribution in [-0.4, -0.2) is 7.11 Å². The molecule has 1 atom stereocenters. The Morgan fingerprint density at radius 1 is 1.07 bits per heavy atom. The van der Waals surface area contributed by atoms with E-state index < -0.39 is 0 Å². The van der Waals surface area contributed by atoms with E-state index in [1.807, 2.05) is 18.2 Å². The Morgan fingerprint density at radius 3 is 2.57 bits per heavy atom. The van der Waals surface area contributed by atoms with Gasteiger partial charge in [0.15, 0.2) is 0 Å². The molecule has 0 fully saturated rings. The quantitative estimate of drug-likeness (QED) is 0.736. The Balaban J connectivity index is 2.65. The van der Waals surface area contributed by atoms with Gasteiger partial charge in [0, 0.05) is 7.11 Å². The lowest BCUT2D eigenvalue weighted by Gasteiger charge is -2.10. The van der Waals surface area contributed by atoms with Crippen LogP contribution < -0.4 is 0 Å². The largest absolute Gasteiger partial charge is 0.365 e. The predicted molar refractivity (Wildman–Crippen MR) is 62.6 cm³/mol. The second kappa shape index (κ2) is 4.11. The third kappa shape index (κ3) is 1.68. The number of benzene rings is 2. The normalized spacial score (nSPS) is 13.0. The number of methoxy groups -OCH3 is 1. The molecule has 0 aromatic heterocycles. The third-order valence-electron chi connectivity index (χ3n) is 2.27. The van der Waals surface area contributed by atoms with Crippen LogP contribution >= 0.6 is 15.9 Å². The summed E-state index contributed by atoms with van der Waals surface area (Å²) in [7, 11) is 1.70. The highest BCUT2D eigenvalue weighted by molar-refractivity contribution is 9.09. The maximum atomic E-state index is 5.26. The van der Waals surface area contributed by atoms with Gasteiger partial charge in [0.05, 0.1) is 0 Å². The third-order valence-corrected chi connectivity index (χ3v) is 3.14. The molecule has 1 nitrogen and oxygen atoms in total. The van der Waals surface area contributed by atoms with E-state index in [-0.39, 0.29) is 5.01 Å². The van der Waals surface area contributed by atoms with Crippen LogP contribution in [0.25, 0.3) is 10.8 Å². The van der Waals surface area contributed by atoms with Crippen LogP contribution in [0.15, 0.2) is 42.5 Å². The molecule has 2 rings (SSSR count). The van der Waals surface area contributed by atoms with E-state index in [4.69, 9.17) is 4.74 Å². The minimum absolute atomic E-state index is 0.0337. The topological polar surface area (TPSA) is 9.23 Å². The summed E-state index contributed by atoms with van der Waals surface area (Å²) in [5.41, 5.74) is 1.17. The summed E-state index contributed by atoms with van der Waals surface area (Å²) in [4.78, 5) is 0. The van der Waals surface area contributed by atoms with Crippen molar-refractivity contribution in [2.75, 3.05) is 7.11 Å². The second-order valence-electron chi connectivity index (χ2n) is 3.12. The fourth-order valence-electron chi connectivity index (χ4n) is 1.58. The van der Waals surface area contributed by atoms with Gasteiger partial charge in [-0.05, 0) is 16.3 Å². The van der Waals surface area contributed by atoms with Crippen molar-refractivity contribution in [1.82, 2.24) is 0 Å². The zero-order chi connectivity index (χ0) is 9.97. The first kappa shape index (κ1) is 9.69. The second-order valence-corrected chi connectivity index (χ2v) is 3.95. The van der Waals surface area contributed by atoms with Crippen molar-refractivity contribution in [3.63, 3.8) is 0 Å². The van der Waals surface area contributed by atoms with Crippen molar-refractivity contribution < 1.29 is 4.74 Å². The number of fused-ring (bicyclic) bond motifs is 1. The van der Waals surface area contributed by atoms with Crippen LogP contribution in [0.4, 0.5) is 0 Å². The van der Waals surface area contributed by atoms with E-state index in [0.29, 0.717) is 0 Å². The Morgan fingerprint density at radius 2 is 1.79 bits per heavy atom. The molecule has 1 unspecified atom stereocenters. The van der Waals surface area contributed by atoms with Crippen LogP contribution in [-0.2, 0) is 4.74 Å². The molecule has 0 amide bonds. The molecule has 0 aliphatic carbocycles. The van der Waals surface area contributed by atoms with Crippen molar-refractivity contribution in [2.24, 2.45) is 0 Å². The highest BCUT2D eigenvalue weighted by Crippen LogP contribution is 2.29. The standard InChI is InChI=1S/C12H11BrO/c1-14-12(13)11-8-4-6-9-5-2-3-7-10(9)11/h2-8,12H,1H3. The SMILES string of the molecule is COC(Br)c1cccc2ccccc12. The molecule has 0 spiro atoms. The van der Waals surface area contributed by atoms with Gasteiger partial charge in [-0.2, -0.15) is 0 Å². The Hall–Kier alpha value is -0.860. The summed E-state index contributed by atoms with van der Waals surface area (Å²) < 4.78 is 5.26. The first-order valence-electron chi connectivity index (χ1n) is 4.47. The molecule has 14 heavy (non-hydrogen) atoms. The molecule has 0 N–H and O–H groups in total. The van der Waals surface area contributed by atoms with Crippen molar-refractivity contribution in [1.29, 1.82) is 0 Å². The molecule has 0 saturated heterocycles. The van der Waals surface area contributed by atoms with Crippen LogP contribution in [0.3, 0.4) is 0 Å². The predicted octanol–water partition coefficient (Wildman–Crippen LogP) is 3.88. The van der Waals surface area contributed by atoms with Crippen LogP contribution in [0.5, 0.6) is 0 Å². The molecule has 0 bridgehead atoms. The first-order chi connectivity index (χ1) is 6.83. The fraction of sp³-hybridized carbons (Fsp3) is 0.167. The average molecular weight is 251 g/mol. The van der Waals surface area contributed by atoms with E-state index in [0.717, 1.165) is 0 Å². The molecular formula is C12H11BrO. The molecule has 0 heterocycles. The van der Waals surface area contributed by atoms with Gasteiger partial charge in [-0.25, -0.2) is 0 Å². The monoisotopic (exact) mass is 250 g/mol. The zero-order valence-corrected chi connectivity index (χ0v) is 9.49. The number of hydrogen-bond donors (Lipinski definition) is 0. The molecule has 0 aliphatic heterocycles. The van der Waals surface area contributed by atoms with Crippen molar-refractivity contribution in [3.05, 3.63) is 48.0 Å². The lowest BCUT2D eigenvalue weighted by Crippen LogP contribution is -1.92. The van der Waals surface area contributed by atoms with Crippen LogP contribution in [0.1, 0.15) is 10.6 Å². The number of alkyl halides is 1. The molecular weight excluding hydrogens is 240 g/mol. The Labute approximate surface area is 91.8 Å². The van der Waals surface area contributed by atoms with Crippen molar-refractivity contribution >= 4 is 26.7 Å². The van der Waals surface area contributed by atoms with E-state index >= 15 is 0 Å². The first-order valence-corrected chi connectivity index (χ1v) is 5.39. The maximum absolute atomic E-state index is 5.26. The minimum atomic E-state index is -0.0337. The summed E-state index contributed by atoms with van der Waals surface area (Å²) >= 11 is 3.48. The zero-order valence-electron chi connectivity index (χ0n) is 7.91. The lowest BCUT2D eigenvalue weighted by molar-refractivity contribution is 0.182. The summed E-state index contributed by atoms with van der Waals surface area (Å²) in [6.07, 6.45) is 0. The van der Waals surface area contributed by atoms with Crippen molar-refractivity contribution in [3.8, 4) is 0 Å². The summed E-state index contributed by atoms with van der Waals surface area (Å²) in [5, 5.41) is 2.44. The van der Waals surface area contributed by atoms with E-state index in [1.165, 1.54) is 16.3 Å². The number of hydrogen-bond acceptors (Lipinski definition) is 1. The van der Waals surface area contributed by atoms with E-state index in [9.17, 15) is 0 Å². The smallest absolute Gasteiger partial charge is 0.137 e. The Bertz CT molecular complexity index is 434. The number of rotatable bonds is 2. The van der Waals surface area contributed by atoms with Gasteiger partial charge >= 0.3 is 0 Å². The van der Waals surface area contributed by atoms with Gasteiger partial charge < -0.3 is 4.74 Å². The summed E-state index contributed by atoms with van der Waals surface area (Å²) in [6, 6.07) is 14.5. The van der Waals surface area contributed by atoms with E-state index in [1.54, 1.807) is 7.11 Å². The molecule has 0 radical (unpaired) electrons.